The van der Waals surface area contributed by atoms with Gasteiger partial charge in [-0.25, -0.2) is 0 Å². The first-order chi connectivity index (χ1) is 10.2. The van der Waals surface area contributed by atoms with Crippen molar-refractivity contribution in [2.75, 3.05) is 11.9 Å². The number of pyridine rings is 1. The van der Waals surface area contributed by atoms with Gasteiger partial charge in [0.1, 0.15) is 11.9 Å². The molecule has 1 aliphatic carbocycles. The fourth-order valence-corrected chi connectivity index (χ4v) is 2.88. The average Bonchev–Trinajstić information content (AvgIpc) is 2.48. The van der Waals surface area contributed by atoms with Crippen molar-refractivity contribution < 1.29 is 9.66 Å². The molecule has 1 fully saturated rings. The molecule has 1 aromatic rings. The minimum absolute atomic E-state index is 0.0341. The SMILES string of the molecule is CCNc1ccc([N+](=O)[O-])c(OC2CCCCC2CC)n1. The molecule has 116 valence electrons. The Morgan fingerprint density at radius 3 is 2.81 bits per heavy atom. The fourth-order valence-electron chi connectivity index (χ4n) is 2.88. The van der Waals surface area contributed by atoms with Crippen LogP contribution in [0.25, 0.3) is 0 Å². The summed E-state index contributed by atoms with van der Waals surface area (Å²) >= 11 is 0. The summed E-state index contributed by atoms with van der Waals surface area (Å²) in [7, 11) is 0. The van der Waals surface area contributed by atoms with Crippen LogP contribution in [0, 0.1) is 16.0 Å². The van der Waals surface area contributed by atoms with Crippen molar-refractivity contribution in [2.45, 2.75) is 52.1 Å². The first kappa shape index (κ1) is 15.5. The zero-order valence-electron chi connectivity index (χ0n) is 12.7. The van der Waals surface area contributed by atoms with E-state index in [4.69, 9.17) is 4.74 Å². The van der Waals surface area contributed by atoms with Gasteiger partial charge in [-0.05, 0) is 44.6 Å². The van der Waals surface area contributed by atoms with Gasteiger partial charge in [0.25, 0.3) is 5.88 Å². The number of aromatic nitrogens is 1. The Hall–Kier alpha value is -1.85. The van der Waals surface area contributed by atoms with Crippen molar-refractivity contribution in [3.05, 3.63) is 22.2 Å². The highest BCUT2D eigenvalue weighted by Crippen LogP contribution is 2.33. The van der Waals surface area contributed by atoms with Crippen molar-refractivity contribution in [3.63, 3.8) is 0 Å². The summed E-state index contributed by atoms with van der Waals surface area (Å²) in [6.07, 6.45) is 5.47. The fraction of sp³-hybridized carbons (Fsp3) is 0.667. The Kier molecular flexibility index (Phi) is 5.36. The number of hydrogen-bond donors (Lipinski definition) is 1. The number of nitrogens with zero attached hydrogens (tertiary/aromatic N) is 2. The van der Waals surface area contributed by atoms with Gasteiger partial charge in [-0.2, -0.15) is 4.98 Å². The average molecular weight is 293 g/mol. The molecule has 0 spiro atoms. The third-order valence-corrected chi connectivity index (χ3v) is 4.02. The molecule has 1 heterocycles. The zero-order valence-corrected chi connectivity index (χ0v) is 12.7. The summed E-state index contributed by atoms with van der Waals surface area (Å²) in [5.41, 5.74) is -0.0583. The monoisotopic (exact) mass is 293 g/mol. The molecule has 1 aromatic heterocycles. The standard InChI is InChI=1S/C15H23N3O3/c1-3-11-7-5-6-8-13(11)21-15-12(18(19)20)9-10-14(17-15)16-4-2/h9-11,13H,3-8H2,1-2H3,(H,16,17). The van der Waals surface area contributed by atoms with E-state index in [-0.39, 0.29) is 17.7 Å². The van der Waals surface area contributed by atoms with E-state index in [0.717, 1.165) is 25.7 Å². The Balaban J connectivity index is 2.23. The van der Waals surface area contributed by atoms with Crippen LogP contribution in [0.4, 0.5) is 11.5 Å². The van der Waals surface area contributed by atoms with Gasteiger partial charge >= 0.3 is 5.69 Å². The van der Waals surface area contributed by atoms with Crippen molar-refractivity contribution in [2.24, 2.45) is 5.92 Å². The van der Waals surface area contributed by atoms with E-state index in [0.29, 0.717) is 18.3 Å². The zero-order chi connectivity index (χ0) is 15.2. The summed E-state index contributed by atoms with van der Waals surface area (Å²) < 4.78 is 5.95. The summed E-state index contributed by atoms with van der Waals surface area (Å²) in [6.45, 7) is 4.81. The Labute approximate surface area is 125 Å². The maximum atomic E-state index is 11.1. The second-order valence-corrected chi connectivity index (χ2v) is 5.42. The lowest BCUT2D eigenvalue weighted by Crippen LogP contribution is -2.30. The summed E-state index contributed by atoms with van der Waals surface area (Å²) in [4.78, 5) is 15.0. The first-order valence-electron chi connectivity index (χ1n) is 7.71. The molecule has 1 N–H and O–H groups in total. The van der Waals surface area contributed by atoms with E-state index in [1.807, 2.05) is 6.92 Å². The predicted octanol–water partition coefficient (Wildman–Crippen LogP) is 3.77. The van der Waals surface area contributed by atoms with E-state index < -0.39 is 4.92 Å². The van der Waals surface area contributed by atoms with Crippen LogP contribution in [-0.2, 0) is 0 Å². The van der Waals surface area contributed by atoms with Gasteiger partial charge in [-0.15, -0.1) is 0 Å². The predicted molar refractivity (Wildman–Crippen MR) is 81.7 cm³/mol. The van der Waals surface area contributed by atoms with Gasteiger partial charge < -0.3 is 10.1 Å². The Morgan fingerprint density at radius 2 is 2.14 bits per heavy atom. The highest BCUT2D eigenvalue weighted by molar-refractivity contribution is 5.49. The highest BCUT2D eigenvalue weighted by Gasteiger charge is 2.28. The largest absolute Gasteiger partial charge is 0.469 e. The first-order valence-corrected chi connectivity index (χ1v) is 7.71. The van der Waals surface area contributed by atoms with Crippen molar-refractivity contribution in [1.82, 2.24) is 4.98 Å². The lowest BCUT2D eigenvalue weighted by atomic mass is 9.85. The maximum absolute atomic E-state index is 11.1. The summed E-state index contributed by atoms with van der Waals surface area (Å²) in [6, 6.07) is 3.08. The lowest BCUT2D eigenvalue weighted by molar-refractivity contribution is -0.386. The van der Waals surface area contributed by atoms with Gasteiger partial charge in [0.05, 0.1) is 4.92 Å². The molecule has 2 rings (SSSR count). The summed E-state index contributed by atoms with van der Waals surface area (Å²) in [5.74, 6) is 1.22. The van der Waals surface area contributed by atoms with E-state index >= 15 is 0 Å². The summed E-state index contributed by atoms with van der Waals surface area (Å²) in [5, 5.41) is 14.2. The molecule has 0 amide bonds. The second kappa shape index (κ2) is 7.24. The molecule has 0 aliphatic heterocycles. The van der Waals surface area contributed by atoms with Crippen LogP contribution in [0.2, 0.25) is 0 Å². The van der Waals surface area contributed by atoms with Crippen molar-refractivity contribution in [1.29, 1.82) is 0 Å². The van der Waals surface area contributed by atoms with Crippen LogP contribution in [0.3, 0.4) is 0 Å². The van der Waals surface area contributed by atoms with Crippen LogP contribution in [-0.4, -0.2) is 22.6 Å². The van der Waals surface area contributed by atoms with Gasteiger partial charge in [0.2, 0.25) is 0 Å². The molecule has 1 saturated carbocycles. The van der Waals surface area contributed by atoms with E-state index in [2.05, 4.69) is 17.2 Å². The lowest BCUT2D eigenvalue weighted by Gasteiger charge is -2.30. The second-order valence-electron chi connectivity index (χ2n) is 5.42. The van der Waals surface area contributed by atoms with Gasteiger partial charge in [0.15, 0.2) is 0 Å². The number of anilines is 1. The van der Waals surface area contributed by atoms with E-state index in [9.17, 15) is 10.1 Å². The van der Waals surface area contributed by atoms with Crippen LogP contribution < -0.4 is 10.1 Å². The van der Waals surface area contributed by atoms with E-state index in [1.54, 1.807) is 6.07 Å². The third kappa shape index (κ3) is 3.83. The smallest absolute Gasteiger partial charge is 0.331 e. The minimum atomic E-state index is -0.429. The number of nitro groups is 1. The highest BCUT2D eigenvalue weighted by atomic mass is 16.6. The Morgan fingerprint density at radius 1 is 1.38 bits per heavy atom. The van der Waals surface area contributed by atoms with E-state index in [1.165, 1.54) is 12.5 Å². The quantitative estimate of drug-likeness (QED) is 0.638. The maximum Gasteiger partial charge on any atom is 0.331 e. The van der Waals surface area contributed by atoms with Crippen molar-refractivity contribution >= 4 is 11.5 Å². The van der Waals surface area contributed by atoms with Crippen LogP contribution in [0.1, 0.15) is 46.0 Å². The number of ether oxygens (including phenoxy) is 1. The number of hydrogen-bond acceptors (Lipinski definition) is 5. The van der Waals surface area contributed by atoms with Gasteiger partial charge in [0, 0.05) is 12.6 Å². The van der Waals surface area contributed by atoms with Crippen molar-refractivity contribution in [3.8, 4) is 5.88 Å². The van der Waals surface area contributed by atoms with Gasteiger partial charge in [-0.1, -0.05) is 13.3 Å². The molecule has 0 radical (unpaired) electrons. The molecule has 2 unspecified atom stereocenters. The van der Waals surface area contributed by atoms with Crippen LogP contribution >= 0.6 is 0 Å². The third-order valence-electron chi connectivity index (χ3n) is 4.02. The van der Waals surface area contributed by atoms with Crippen LogP contribution in [0.15, 0.2) is 12.1 Å². The molecule has 6 heteroatoms. The molecule has 1 aliphatic rings. The van der Waals surface area contributed by atoms with Gasteiger partial charge in [-0.3, -0.25) is 10.1 Å². The molecule has 6 nitrogen and oxygen atoms in total. The number of rotatable bonds is 6. The topological polar surface area (TPSA) is 77.3 Å². The number of nitrogens with one attached hydrogen (secondary N) is 1. The molecule has 0 saturated heterocycles. The molecular formula is C15H23N3O3. The van der Waals surface area contributed by atoms with Crippen LogP contribution in [0.5, 0.6) is 5.88 Å². The molecule has 0 aromatic carbocycles. The normalized spacial score (nSPS) is 21.8. The Bertz CT molecular complexity index is 493. The molecular weight excluding hydrogens is 270 g/mol. The molecule has 2 atom stereocenters. The molecule has 0 bridgehead atoms. The molecule has 21 heavy (non-hydrogen) atoms. The minimum Gasteiger partial charge on any atom is -0.469 e.